The Morgan fingerprint density at radius 2 is 2.11 bits per heavy atom. The lowest BCUT2D eigenvalue weighted by Gasteiger charge is -1.96. The highest BCUT2D eigenvalue weighted by atomic mass is 32.1. The molecule has 0 radical (unpaired) electrons. The predicted molar refractivity (Wildman–Crippen MR) is 65.6 cm³/mol. The van der Waals surface area contributed by atoms with E-state index in [2.05, 4.69) is 19.8 Å². The Labute approximate surface area is 110 Å². The number of nitrogens with zero attached hydrogens (tertiary/aromatic N) is 4. The fourth-order valence-corrected chi connectivity index (χ4v) is 1.92. The van der Waals surface area contributed by atoms with Gasteiger partial charge in [-0.1, -0.05) is 10.6 Å². The second-order valence-corrected chi connectivity index (χ2v) is 4.37. The van der Waals surface area contributed by atoms with Gasteiger partial charge in [0.25, 0.3) is 5.89 Å². The monoisotopic (exact) mass is 274 g/mol. The number of carboxylic acid groups (broad SMARTS) is 1. The van der Waals surface area contributed by atoms with Gasteiger partial charge in [0.1, 0.15) is 4.88 Å². The Morgan fingerprint density at radius 3 is 2.84 bits per heavy atom. The number of benzene rings is 1. The van der Waals surface area contributed by atoms with Crippen LogP contribution in [0.25, 0.3) is 22.2 Å². The summed E-state index contributed by atoms with van der Waals surface area (Å²) < 4.78 is 9.17. The number of carbonyl (C=O) groups is 1. The predicted octanol–water partition coefficient (Wildman–Crippen LogP) is 1.95. The zero-order valence-corrected chi connectivity index (χ0v) is 10.2. The van der Waals surface area contributed by atoms with Crippen LogP contribution in [0.2, 0.25) is 0 Å². The molecule has 2 heterocycles. The number of hydrogen-bond acceptors (Lipinski definition) is 7. The normalized spacial score (nSPS) is 10.5. The summed E-state index contributed by atoms with van der Waals surface area (Å²) in [6.45, 7) is 0. The molecule has 0 aliphatic rings. The third-order valence-electron chi connectivity index (χ3n) is 2.35. The van der Waals surface area contributed by atoms with Gasteiger partial charge in [0.15, 0.2) is 0 Å². The van der Waals surface area contributed by atoms with Crippen molar-refractivity contribution < 1.29 is 14.3 Å². The van der Waals surface area contributed by atoms with Crippen molar-refractivity contribution in [3.8, 4) is 22.2 Å². The van der Waals surface area contributed by atoms with Gasteiger partial charge in [-0.05, 0) is 29.7 Å². The van der Waals surface area contributed by atoms with Crippen LogP contribution in [0.15, 0.2) is 34.9 Å². The van der Waals surface area contributed by atoms with Crippen molar-refractivity contribution in [3.63, 3.8) is 0 Å². The van der Waals surface area contributed by atoms with Crippen molar-refractivity contribution >= 4 is 17.5 Å². The van der Waals surface area contributed by atoms with Crippen molar-refractivity contribution in [3.05, 3.63) is 36.0 Å². The van der Waals surface area contributed by atoms with Gasteiger partial charge in [-0.25, -0.2) is 4.79 Å². The van der Waals surface area contributed by atoms with Gasteiger partial charge in [0.2, 0.25) is 5.89 Å². The molecule has 0 aliphatic carbocycles. The van der Waals surface area contributed by atoms with E-state index in [4.69, 9.17) is 9.52 Å². The van der Waals surface area contributed by atoms with E-state index in [0.717, 1.165) is 11.5 Å². The Kier molecular flexibility index (Phi) is 2.76. The van der Waals surface area contributed by atoms with Gasteiger partial charge in [-0.15, -0.1) is 15.3 Å². The van der Waals surface area contributed by atoms with Crippen LogP contribution in [0.5, 0.6) is 0 Å². The van der Waals surface area contributed by atoms with Crippen LogP contribution in [-0.2, 0) is 0 Å². The first-order chi connectivity index (χ1) is 9.24. The molecular weight excluding hydrogens is 268 g/mol. The number of hydrogen-bond donors (Lipinski definition) is 1. The molecule has 0 amide bonds. The Morgan fingerprint density at radius 1 is 1.26 bits per heavy atom. The van der Waals surface area contributed by atoms with E-state index >= 15 is 0 Å². The first kappa shape index (κ1) is 11.5. The van der Waals surface area contributed by atoms with Crippen molar-refractivity contribution in [2.45, 2.75) is 0 Å². The fourth-order valence-electron chi connectivity index (χ4n) is 1.49. The number of aromatic nitrogens is 4. The fraction of sp³-hybridized carbons (Fsp3) is 0. The van der Waals surface area contributed by atoms with Crippen LogP contribution >= 0.6 is 11.5 Å². The van der Waals surface area contributed by atoms with Crippen LogP contribution < -0.4 is 0 Å². The summed E-state index contributed by atoms with van der Waals surface area (Å²) in [5.74, 6) is -0.439. The summed E-state index contributed by atoms with van der Waals surface area (Å²) in [6, 6.07) is 6.30. The highest BCUT2D eigenvalue weighted by Crippen LogP contribution is 2.25. The molecule has 0 saturated heterocycles. The number of rotatable bonds is 3. The quantitative estimate of drug-likeness (QED) is 0.778. The molecule has 2 aromatic heterocycles. The van der Waals surface area contributed by atoms with Crippen molar-refractivity contribution in [2.75, 3.05) is 0 Å². The maximum Gasteiger partial charge on any atom is 0.335 e. The molecule has 0 aliphatic heterocycles. The molecule has 1 aromatic carbocycles. The van der Waals surface area contributed by atoms with Crippen molar-refractivity contribution in [1.29, 1.82) is 0 Å². The van der Waals surface area contributed by atoms with Gasteiger partial charge in [-0.3, -0.25) is 0 Å². The lowest BCUT2D eigenvalue weighted by atomic mass is 10.1. The van der Waals surface area contributed by atoms with E-state index < -0.39 is 5.97 Å². The molecule has 0 spiro atoms. The van der Waals surface area contributed by atoms with Crippen LogP contribution in [0, 0.1) is 0 Å². The van der Waals surface area contributed by atoms with E-state index in [1.54, 1.807) is 12.1 Å². The van der Waals surface area contributed by atoms with Crippen LogP contribution in [-0.4, -0.2) is 30.9 Å². The molecule has 0 unspecified atom stereocenters. The lowest BCUT2D eigenvalue weighted by molar-refractivity contribution is 0.0697. The molecule has 0 saturated carbocycles. The Hall–Kier alpha value is -2.61. The van der Waals surface area contributed by atoms with Gasteiger partial charge < -0.3 is 9.52 Å². The summed E-state index contributed by atoms with van der Waals surface area (Å²) in [6.07, 6.45) is 1.52. The highest BCUT2D eigenvalue weighted by molar-refractivity contribution is 7.09. The Balaban J connectivity index is 1.99. The first-order valence-corrected chi connectivity index (χ1v) is 5.96. The average Bonchev–Trinajstić information content (AvgIpc) is 3.09. The minimum absolute atomic E-state index is 0.164. The van der Waals surface area contributed by atoms with E-state index in [0.29, 0.717) is 16.3 Å². The van der Waals surface area contributed by atoms with Crippen LogP contribution in [0.3, 0.4) is 0 Å². The van der Waals surface area contributed by atoms with Crippen molar-refractivity contribution in [2.24, 2.45) is 0 Å². The number of aromatic carboxylic acids is 1. The molecule has 1 N–H and O–H groups in total. The molecule has 19 heavy (non-hydrogen) atoms. The lowest BCUT2D eigenvalue weighted by Crippen LogP contribution is -1.95. The molecule has 94 valence electrons. The minimum Gasteiger partial charge on any atom is -0.478 e. The van der Waals surface area contributed by atoms with Crippen LogP contribution in [0.4, 0.5) is 0 Å². The first-order valence-electron chi connectivity index (χ1n) is 5.19. The van der Waals surface area contributed by atoms with Crippen LogP contribution in [0.1, 0.15) is 10.4 Å². The number of carboxylic acids is 1. The van der Waals surface area contributed by atoms with E-state index in [9.17, 15) is 4.79 Å². The molecule has 0 atom stereocenters. The molecule has 7 nitrogen and oxygen atoms in total. The largest absolute Gasteiger partial charge is 0.478 e. The van der Waals surface area contributed by atoms with E-state index in [-0.39, 0.29) is 11.5 Å². The van der Waals surface area contributed by atoms with Gasteiger partial charge in [0, 0.05) is 5.56 Å². The molecule has 0 fully saturated rings. The minimum atomic E-state index is -1.01. The average molecular weight is 274 g/mol. The topological polar surface area (TPSA) is 102 Å². The zero-order valence-electron chi connectivity index (χ0n) is 9.35. The maximum absolute atomic E-state index is 10.9. The van der Waals surface area contributed by atoms with Gasteiger partial charge >= 0.3 is 5.97 Å². The summed E-state index contributed by atoms with van der Waals surface area (Å²) >= 11 is 1.14. The summed E-state index contributed by atoms with van der Waals surface area (Å²) in [5.41, 5.74) is 0.716. The maximum atomic E-state index is 10.9. The summed E-state index contributed by atoms with van der Waals surface area (Å²) in [7, 11) is 0. The van der Waals surface area contributed by atoms with E-state index in [1.807, 2.05) is 0 Å². The second kappa shape index (κ2) is 4.58. The SMILES string of the molecule is O=C(O)c1cccc(-c2nnc(-c3cnns3)o2)c1. The third kappa shape index (κ3) is 2.20. The summed E-state index contributed by atoms with van der Waals surface area (Å²) in [5, 5.41) is 20.4. The van der Waals surface area contributed by atoms with E-state index in [1.165, 1.54) is 18.3 Å². The zero-order chi connectivity index (χ0) is 13.2. The molecule has 0 bridgehead atoms. The smallest absolute Gasteiger partial charge is 0.335 e. The molecule has 3 rings (SSSR count). The molecule has 3 aromatic rings. The highest BCUT2D eigenvalue weighted by Gasteiger charge is 2.13. The molecular formula is C11H6N4O3S. The summed E-state index contributed by atoms with van der Waals surface area (Å²) in [4.78, 5) is 11.6. The third-order valence-corrected chi connectivity index (χ3v) is 3.01. The van der Waals surface area contributed by atoms with Gasteiger partial charge in [0.05, 0.1) is 11.8 Å². The Bertz CT molecular complexity index is 723. The van der Waals surface area contributed by atoms with Crippen molar-refractivity contribution in [1.82, 2.24) is 19.8 Å². The van der Waals surface area contributed by atoms with Gasteiger partial charge in [-0.2, -0.15) is 0 Å². The standard InChI is InChI=1S/C11H6N4O3S/c16-11(17)7-3-1-2-6(4-7)9-13-14-10(18-9)8-5-12-15-19-8/h1-5H,(H,16,17). The second-order valence-electron chi connectivity index (χ2n) is 3.58. The molecule has 8 heteroatoms.